The summed E-state index contributed by atoms with van der Waals surface area (Å²) in [6.07, 6.45) is 0.124. The molecule has 0 bridgehead atoms. The van der Waals surface area contributed by atoms with Crippen molar-refractivity contribution in [2.45, 2.75) is 26.0 Å². The van der Waals surface area contributed by atoms with Gasteiger partial charge in [0.15, 0.2) is 5.69 Å². The van der Waals surface area contributed by atoms with Crippen molar-refractivity contribution in [1.82, 2.24) is 4.98 Å². The van der Waals surface area contributed by atoms with E-state index in [1.807, 2.05) is 13.0 Å². The van der Waals surface area contributed by atoms with Gasteiger partial charge in [0.25, 0.3) is 0 Å². The molecule has 1 aliphatic rings. The molecule has 0 aromatic carbocycles. The van der Waals surface area contributed by atoms with E-state index < -0.39 is 5.97 Å². The summed E-state index contributed by atoms with van der Waals surface area (Å²) >= 11 is 0. The first-order valence-corrected chi connectivity index (χ1v) is 5.68. The molecule has 2 atom stereocenters. The second-order valence-electron chi connectivity index (χ2n) is 4.20. The lowest BCUT2D eigenvalue weighted by Gasteiger charge is -2.38. The average Bonchev–Trinajstić information content (AvgIpc) is 2.33. The van der Waals surface area contributed by atoms with Gasteiger partial charge < -0.3 is 14.7 Å². The van der Waals surface area contributed by atoms with Crippen LogP contribution in [0.2, 0.25) is 0 Å². The number of aromatic carboxylic acids is 1. The second-order valence-corrected chi connectivity index (χ2v) is 4.20. The summed E-state index contributed by atoms with van der Waals surface area (Å²) < 4.78 is 5.53. The second kappa shape index (κ2) is 4.71. The first-order chi connectivity index (χ1) is 8.09. The van der Waals surface area contributed by atoms with Crippen molar-refractivity contribution in [2.24, 2.45) is 0 Å². The van der Waals surface area contributed by atoms with Crippen LogP contribution >= 0.6 is 0 Å². The molecular weight excluding hydrogens is 220 g/mol. The van der Waals surface area contributed by atoms with Gasteiger partial charge in [0.2, 0.25) is 0 Å². The van der Waals surface area contributed by atoms with E-state index in [0.717, 1.165) is 6.54 Å². The topological polar surface area (TPSA) is 62.7 Å². The molecule has 1 fully saturated rings. The molecule has 1 aromatic heterocycles. The number of carboxylic acid groups (broad SMARTS) is 1. The van der Waals surface area contributed by atoms with Gasteiger partial charge in [-0.15, -0.1) is 0 Å². The predicted molar refractivity (Wildman–Crippen MR) is 63.4 cm³/mol. The maximum absolute atomic E-state index is 10.9. The largest absolute Gasteiger partial charge is 0.477 e. The van der Waals surface area contributed by atoms with E-state index in [1.54, 1.807) is 6.07 Å². The summed E-state index contributed by atoms with van der Waals surface area (Å²) in [4.78, 5) is 17.1. The molecule has 2 heterocycles. The van der Waals surface area contributed by atoms with Crippen molar-refractivity contribution >= 4 is 11.8 Å². The van der Waals surface area contributed by atoms with E-state index in [0.29, 0.717) is 12.4 Å². The Hall–Kier alpha value is -1.62. The van der Waals surface area contributed by atoms with Gasteiger partial charge in [-0.3, -0.25) is 0 Å². The number of anilines is 1. The number of aromatic nitrogens is 1. The normalized spacial score (nSPS) is 24.7. The third kappa shape index (κ3) is 2.39. The Balaban J connectivity index is 2.26. The Morgan fingerprint density at radius 2 is 2.29 bits per heavy atom. The van der Waals surface area contributed by atoms with Crippen LogP contribution in [-0.2, 0) is 4.74 Å². The molecule has 0 amide bonds. The Kier molecular flexibility index (Phi) is 3.28. The van der Waals surface area contributed by atoms with Crippen LogP contribution in [0.1, 0.15) is 24.3 Å². The van der Waals surface area contributed by atoms with E-state index in [2.05, 4.69) is 16.8 Å². The number of nitrogens with zero attached hydrogens (tertiary/aromatic N) is 2. The van der Waals surface area contributed by atoms with Gasteiger partial charge in [0.05, 0.1) is 18.8 Å². The smallest absolute Gasteiger partial charge is 0.354 e. The molecule has 1 aromatic rings. The fourth-order valence-electron chi connectivity index (χ4n) is 1.96. The molecule has 0 spiro atoms. The molecule has 5 heteroatoms. The minimum atomic E-state index is -0.999. The van der Waals surface area contributed by atoms with E-state index in [-0.39, 0.29) is 17.8 Å². The predicted octanol–water partition coefficient (Wildman–Crippen LogP) is 1.39. The van der Waals surface area contributed by atoms with Crippen LogP contribution in [0.25, 0.3) is 0 Å². The van der Waals surface area contributed by atoms with Gasteiger partial charge in [-0.2, -0.15) is 0 Å². The van der Waals surface area contributed by atoms with Crippen LogP contribution in [0, 0.1) is 0 Å². The molecule has 1 N–H and O–H groups in total. The van der Waals surface area contributed by atoms with Gasteiger partial charge >= 0.3 is 5.97 Å². The number of pyridine rings is 1. The van der Waals surface area contributed by atoms with E-state index in [1.165, 1.54) is 6.07 Å². The zero-order valence-electron chi connectivity index (χ0n) is 9.96. The average molecular weight is 236 g/mol. The van der Waals surface area contributed by atoms with Crippen LogP contribution in [0.3, 0.4) is 0 Å². The number of carbonyl (C=O) groups is 1. The van der Waals surface area contributed by atoms with Crippen LogP contribution in [0.4, 0.5) is 5.82 Å². The maximum Gasteiger partial charge on any atom is 0.354 e. The lowest BCUT2D eigenvalue weighted by atomic mass is 10.1. The summed E-state index contributed by atoms with van der Waals surface area (Å²) in [6, 6.07) is 5.25. The first-order valence-electron chi connectivity index (χ1n) is 5.68. The lowest BCUT2D eigenvalue weighted by Crippen LogP contribution is -2.49. The Morgan fingerprint density at radius 1 is 1.53 bits per heavy atom. The molecule has 2 rings (SSSR count). The van der Waals surface area contributed by atoms with Gasteiger partial charge in [0, 0.05) is 6.54 Å². The summed E-state index contributed by atoms with van der Waals surface area (Å²) in [5.41, 5.74) is 0.0776. The minimum Gasteiger partial charge on any atom is -0.477 e. The number of morpholine rings is 1. The summed E-state index contributed by atoms with van der Waals surface area (Å²) in [5, 5.41) is 8.92. The molecular formula is C12H16N2O3. The molecule has 0 aliphatic carbocycles. The molecule has 2 unspecified atom stereocenters. The zero-order valence-corrected chi connectivity index (χ0v) is 9.96. The number of ether oxygens (including phenoxy) is 1. The first kappa shape index (κ1) is 11.9. The Labute approximate surface area is 100 Å². The van der Waals surface area contributed by atoms with Crippen LogP contribution < -0.4 is 4.90 Å². The van der Waals surface area contributed by atoms with Crippen LogP contribution in [0.5, 0.6) is 0 Å². The van der Waals surface area contributed by atoms with Crippen LogP contribution in [-0.4, -0.2) is 41.4 Å². The van der Waals surface area contributed by atoms with Crippen molar-refractivity contribution in [3.63, 3.8) is 0 Å². The lowest BCUT2D eigenvalue weighted by molar-refractivity contribution is 0.0281. The third-order valence-corrected chi connectivity index (χ3v) is 3.13. The van der Waals surface area contributed by atoms with Gasteiger partial charge in [-0.1, -0.05) is 6.07 Å². The van der Waals surface area contributed by atoms with Gasteiger partial charge in [-0.05, 0) is 26.0 Å². The van der Waals surface area contributed by atoms with Gasteiger partial charge in [0.1, 0.15) is 5.82 Å². The van der Waals surface area contributed by atoms with E-state index in [4.69, 9.17) is 9.84 Å². The third-order valence-electron chi connectivity index (χ3n) is 3.13. The highest BCUT2D eigenvalue weighted by Gasteiger charge is 2.26. The molecule has 5 nitrogen and oxygen atoms in total. The summed E-state index contributed by atoms with van der Waals surface area (Å²) in [5.74, 6) is -0.298. The standard InChI is InChI=1S/C12H16N2O3/c1-8-9(2)17-7-6-14(8)11-5-3-4-10(13-11)12(15)16/h3-5,8-9H,6-7H2,1-2H3,(H,15,16). The van der Waals surface area contributed by atoms with E-state index >= 15 is 0 Å². The minimum absolute atomic E-state index is 0.0776. The molecule has 92 valence electrons. The van der Waals surface area contributed by atoms with Crippen molar-refractivity contribution in [3.8, 4) is 0 Å². The number of hydrogen-bond donors (Lipinski definition) is 1. The number of hydrogen-bond acceptors (Lipinski definition) is 4. The quantitative estimate of drug-likeness (QED) is 0.840. The van der Waals surface area contributed by atoms with Crippen molar-refractivity contribution in [2.75, 3.05) is 18.1 Å². The monoisotopic (exact) mass is 236 g/mol. The Bertz CT molecular complexity index is 422. The van der Waals surface area contributed by atoms with Crippen molar-refractivity contribution < 1.29 is 14.6 Å². The molecule has 0 saturated carbocycles. The fraction of sp³-hybridized carbons (Fsp3) is 0.500. The highest BCUT2D eigenvalue weighted by atomic mass is 16.5. The number of carboxylic acids is 1. The Morgan fingerprint density at radius 3 is 3.00 bits per heavy atom. The van der Waals surface area contributed by atoms with Crippen molar-refractivity contribution in [1.29, 1.82) is 0 Å². The molecule has 17 heavy (non-hydrogen) atoms. The molecule has 1 aliphatic heterocycles. The summed E-state index contributed by atoms with van der Waals surface area (Å²) in [6.45, 7) is 5.45. The fourth-order valence-corrected chi connectivity index (χ4v) is 1.96. The van der Waals surface area contributed by atoms with E-state index in [9.17, 15) is 4.79 Å². The van der Waals surface area contributed by atoms with Crippen molar-refractivity contribution in [3.05, 3.63) is 23.9 Å². The maximum atomic E-state index is 10.9. The van der Waals surface area contributed by atoms with Crippen LogP contribution in [0.15, 0.2) is 18.2 Å². The molecule has 0 radical (unpaired) electrons. The zero-order chi connectivity index (χ0) is 12.4. The SMILES string of the molecule is CC1OCCN(c2cccc(C(=O)O)n2)C1C. The summed E-state index contributed by atoms with van der Waals surface area (Å²) in [7, 11) is 0. The highest BCUT2D eigenvalue weighted by Crippen LogP contribution is 2.20. The van der Waals surface area contributed by atoms with Gasteiger partial charge in [-0.25, -0.2) is 9.78 Å². The highest BCUT2D eigenvalue weighted by molar-refractivity contribution is 5.85. The molecule has 1 saturated heterocycles. The number of rotatable bonds is 2.